The summed E-state index contributed by atoms with van der Waals surface area (Å²) in [7, 11) is 1.58. The first-order valence-corrected chi connectivity index (χ1v) is 20.4. The topological polar surface area (TPSA) is 243 Å². The minimum atomic E-state index is -1.01. The first-order chi connectivity index (χ1) is 28.4. The number of amides is 2. The molecular weight excluding hydrogens is 823 g/mol. The second kappa shape index (κ2) is 19.5. The van der Waals surface area contributed by atoms with E-state index in [1.165, 1.54) is 32.9 Å². The average Bonchev–Trinajstić information content (AvgIpc) is 3.94. The summed E-state index contributed by atoms with van der Waals surface area (Å²) < 4.78 is 18.2. The molecule has 0 saturated heterocycles. The number of carboxylic acids is 1. The molecule has 1 aliphatic rings. The zero-order chi connectivity index (χ0) is 43.9. The quantitative estimate of drug-likeness (QED) is 0.0672. The highest BCUT2D eigenvalue weighted by molar-refractivity contribution is 8.15. The number of phenols is 2. The van der Waals surface area contributed by atoms with Gasteiger partial charge in [0.25, 0.3) is 0 Å². The summed E-state index contributed by atoms with van der Waals surface area (Å²) in [6.07, 6.45) is -0.957. The minimum Gasteiger partial charge on any atom is -0.507 e. The molecule has 5 rings (SSSR count). The van der Waals surface area contributed by atoms with Crippen molar-refractivity contribution in [3.05, 3.63) is 56.9 Å². The number of ether oxygens (including phenoxy) is 3. The Kier molecular flexibility index (Phi) is 14.7. The first-order valence-electron chi connectivity index (χ1n) is 18.6. The van der Waals surface area contributed by atoms with Crippen LogP contribution in [0.15, 0.2) is 35.3 Å². The number of fused-ring (bicyclic) bond motifs is 1. The highest BCUT2D eigenvalue weighted by atomic mass is 32.2. The van der Waals surface area contributed by atoms with Gasteiger partial charge in [-0.15, -0.1) is 27.8 Å². The van der Waals surface area contributed by atoms with Crippen LogP contribution in [-0.4, -0.2) is 139 Å². The second-order valence-electron chi connectivity index (χ2n) is 14.4. The number of hydrogen-bond donors (Lipinski definition) is 5. The van der Waals surface area contributed by atoms with Crippen molar-refractivity contribution in [1.82, 2.24) is 19.5 Å². The molecule has 1 unspecified atom stereocenters. The molecule has 2 aromatic carbocycles. The molecule has 0 saturated carbocycles. The summed E-state index contributed by atoms with van der Waals surface area (Å²) in [5, 5.41) is 51.6. The third-order valence-electron chi connectivity index (χ3n) is 9.58. The third-order valence-corrected chi connectivity index (χ3v) is 11.8. The van der Waals surface area contributed by atoms with Crippen LogP contribution in [0, 0.1) is 6.92 Å². The van der Waals surface area contributed by atoms with Gasteiger partial charge in [0.15, 0.2) is 6.04 Å². The molecule has 2 aromatic heterocycles. The highest BCUT2D eigenvalue weighted by Crippen LogP contribution is 2.33. The maximum atomic E-state index is 13.6. The van der Waals surface area contributed by atoms with E-state index in [-0.39, 0.29) is 92.5 Å². The third kappa shape index (κ3) is 10.9. The van der Waals surface area contributed by atoms with Crippen LogP contribution >= 0.6 is 23.1 Å². The van der Waals surface area contributed by atoms with Crippen molar-refractivity contribution < 1.29 is 63.8 Å². The molecule has 1 atom stereocenters. The minimum absolute atomic E-state index is 0.0285. The van der Waals surface area contributed by atoms with Gasteiger partial charge in [-0.3, -0.25) is 9.79 Å². The zero-order valence-corrected chi connectivity index (χ0v) is 35.1. The molecule has 4 aromatic rings. The summed E-state index contributed by atoms with van der Waals surface area (Å²) >= 11 is 2.60. The first kappa shape index (κ1) is 45.3. The Morgan fingerprint density at radius 3 is 2.28 bits per heavy atom. The van der Waals surface area contributed by atoms with Crippen LogP contribution in [0.2, 0.25) is 0 Å². The largest absolute Gasteiger partial charge is 0.507 e. The molecule has 1 aliphatic heterocycles. The van der Waals surface area contributed by atoms with Gasteiger partial charge in [-0.05, 0) is 19.1 Å². The fraction of sp³-hybridized carbons (Fsp3) is 0.400. The van der Waals surface area contributed by atoms with Crippen molar-refractivity contribution in [1.29, 1.82) is 0 Å². The van der Waals surface area contributed by atoms with Gasteiger partial charge in [0.05, 0.1) is 43.1 Å². The van der Waals surface area contributed by atoms with Gasteiger partial charge in [-0.1, -0.05) is 27.0 Å². The van der Waals surface area contributed by atoms with E-state index in [2.05, 4.69) is 23.1 Å². The molecule has 322 valence electrons. The maximum Gasteiger partial charge on any atom is 0.415 e. The molecule has 20 heteroatoms. The number of carboxylic acid groups (broad SMARTS) is 1. The lowest BCUT2D eigenvalue weighted by Crippen LogP contribution is -2.43. The van der Waals surface area contributed by atoms with Gasteiger partial charge in [0.2, 0.25) is 17.7 Å². The number of carbonyl (C=O) groups is 4. The molecular formula is C40H47N5O13S2. The highest BCUT2D eigenvalue weighted by Gasteiger charge is 2.32. The Bertz CT molecular complexity index is 2380. The van der Waals surface area contributed by atoms with Crippen molar-refractivity contribution in [3.63, 3.8) is 0 Å². The molecule has 0 radical (unpaired) electrons. The second-order valence-corrected chi connectivity index (χ2v) is 16.5. The van der Waals surface area contributed by atoms with Crippen molar-refractivity contribution in [2.24, 2.45) is 4.99 Å². The smallest absolute Gasteiger partial charge is 0.415 e. The number of carbonyl (C=O) groups excluding carboxylic acids is 3. The van der Waals surface area contributed by atoms with Gasteiger partial charge < -0.3 is 54.4 Å². The van der Waals surface area contributed by atoms with Crippen LogP contribution in [-0.2, 0) is 29.3 Å². The Balaban J connectivity index is 1.19. The van der Waals surface area contributed by atoms with E-state index in [4.69, 9.17) is 19.0 Å². The Morgan fingerprint density at radius 1 is 0.933 bits per heavy atom. The van der Waals surface area contributed by atoms with Gasteiger partial charge in [-0.25, -0.2) is 19.4 Å². The van der Waals surface area contributed by atoms with Crippen LogP contribution in [0.3, 0.4) is 0 Å². The predicted octanol–water partition coefficient (Wildman–Crippen LogP) is 2.70. The lowest BCUT2D eigenvalue weighted by atomic mass is 9.78. The van der Waals surface area contributed by atoms with Gasteiger partial charge >= 0.3 is 18.0 Å². The molecule has 3 heterocycles. The number of thiazole rings is 1. The van der Waals surface area contributed by atoms with Crippen molar-refractivity contribution >= 4 is 75.5 Å². The molecule has 18 nitrogen and oxygen atoms in total. The van der Waals surface area contributed by atoms with Crippen LogP contribution < -0.4 is 20.0 Å². The van der Waals surface area contributed by atoms with E-state index in [0.29, 0.717) is 41.9 Å². The number of aromatic hydroxyl groups is 4. The molecule has 0 fully saturated rings. The van der Waals surface area contributed by atoms with Crippen molar-refractivity contribution in [3.8, 4) is 29.0 Å². The van der Waals surface area contributed by atoms with E-state index in [1.54, 1.807) is 46.0 Å². The van der Waals surface area contributed by atoms with Crippen LogP contribution in [0.5, 0.6) is 29.0 Å². The Morgan fingerprint density at radius 2 is 1.62 bits per heavy atom. The fourth-order valence-electron chi connectivity index (χ4n) is 6.12. The lowest BCUT2D eigenvalue weighted by molar-refractivity contribution is -0.146. The number of aliphatic carboxylic acids is 1. The Labute approximate surface area is 352 Å². The fourth-order valence-corrected chi connectivity index (χ4v) is 8.21. The molecule has 60 heavy (non-hydrogen) atoms. The van der Waals surface area contributed by atoms with E-state index >= 15 is 0 Å². The number of aromatic nitrogens is 2. The average molecular weight is 870 g/mol. The standard InChI is InChI=1S/C40H47N5O13S2/c1-22-23(2)35(51)33(24(3)34(22)50)40(4,5)20-31(48)43(6)12-13-44(14-16-56-18-17-55-15-11-32(49)58-45-29(46)9-10-30(45)47)39(54)57-25-7-8-26-28(19-25)60-37(41-26)36-42-27(21-59-36)38(52)53/h7-10,19,27,46-47,50-51H,2-3,11-18,20-21H2,1,4-6H3,(H,52,53). The van der Waals surface area contributed by atoms with E-state index in [9.17, 15) is 44.7 Å². The monoisotopic (exact) mass is 869 g/mol. The lowest BCUT2D eigenvalue weighted by Gasteiger charge is -2.30. The number of rotatable bonds is 19. The molecule has 0 spiro atoms. The number of likely N-dealkylation sites (N-methyl/N-ethyl adjacent to an activating group) is 1. The number of nitrogens with zero attached hydrogens (tertiary/aromatic N) is 5. The van der Waals surface area contributed by atoms with E-state index < -0.39 is 41.2 Å². The summed E-state index contributed by atoms with van der Waals surface area (Å²) in [5.74, 6) is -2.65. The normalized spacial score (nSPS) is 13.9. The number of phenolic OH excluding ortho intramolecular Hbond substituents is 2. The zero-order valence-electron chi connectivity index (χ0n) is 33.5. The molecule has 2 amide bonds. The summed E-state index contributed by atoms with van der Waals surface area (Å²) in [6.45, 7) is 13.4. The maximum absolute atomic E-state index is 13.6. The van der Waals surface area contributed by atoms with Gasteiger partial charge in [-0.2, -0.15) is 0 Å². The van der Waals surface area contributed by atoms with Crippen molar-refractivity contribution in [2.75, 3.05) is 58.9 Å². The molecule has 0 bridgehead atoms. The summed E-state index contributed by atoms with van der Waals surface area (Å²) in [5.41, 5.74) is 0.371. The predicted molar refractivity (Wildman–Crippen MR) is 223 cm³/mol. The van der Waals surface area contributed by atoms with Gasteiger partial charge in [0, 0.05) is 84.0 Å². The van der Waals surface area contributed by atoms with Crippen molar-refractivity contribution in [2.45, 2.75) is 45.1 Å². The molecule has 0 aliphatic carbocycles. The number of aliphatic imine (C=N–C) groups is 1. The van der Waals surface area contributed by atoms with Crippen LogP contribution in [0.25, 0.3) is 23.4 Å². The number of hydrogen-bond acceptors (Lipinski definition) is 16. The van der Waals surface area contributed by atoms with Crippen LogP contribution in [0.4, 0.5) is 4.79 Å². The van der Waals surface area contributed by atoms with E-state index in [0.717, 1.165) is 12.1 Å². The SMILES string of the molecule is C=c1c(C)c(O)c(=C)c(C(C)(C)CC(=O)N(C)CCN(CCOCCOCCC(=O)On2c(O)ccc2O)C(=O)Oc2ccc3nc(C4=NC(C(=O)O)CS4)sc3c2)c1O. The number of thioether (sulfide) groups is 1. The van der Waals surface area contributed by atoms with E-state index in [1.807, 2.05) is 0 Å². The summed E-state index contributed by atoms with van der Waals surface area (Å²) in [4.78, 5) is 67.1. The Hall–Kier alpha value is -5.83. The van der Waals surface area contributed by atoms with Crippen LogP contribution in [0.1, 0.15) is 42.8 Å². The number of benzene rings is 2. The summed E-state index contributed by atoms with van der Waals surface area (Å²) in [6, 6.07) is 6.40. The van der Waals surface area contributed by atoms with Gasteiger partial charge in [0.1, 0.15) is 27.3 Å². The molecule has 5 N–H and O–H groups in total.